The van der Waals surface area contributed by atoms with E-state index in [9.17, 15) is 14.4 Å². The zero-order valence-electron chi connectivity index (χ0n) is 18.1. The fourth-order valence-electron chi connectivity index (χ4n) is 3.94. The molecule has 0 saturated carbocycles. The minimum atomic E-state index is -0.758. The molecule has 0 bridgehead atoms. The number of carbonyl (C=O) groups is 3. The van der Waals surface area contributed by atoms with Crippen LogP contribution in [0.1, 0.15) is 44.2 Å². The highest BCUT2D eigenvalue weighted by Crippen LogP contribution is 2.44. The van der Waals surface area contributed by atoms with Crippen LogP contribution in [0.3, 0.4) is 0 Å². The molecule has 0 fully saturated rings. The van der Waals surface area contributed by atoms with Crippen molar-refractivity contribution in [3.8, 4) is 11.1 Å². The van der Waals surface area contributed by atoms with E-state index in [1.165, 1.54) is 0 Å². The predicted molar refractivity (Wildman–Crippen MR) is 118 cm³/mol. The maximum atomic E-state index is 12.5. The van der Waals surface area contributed by atoms with E-state index in [2.05, 4.69) is 40.2 Å². The first-order valence-corrected chi connectivity index (χ1v) is 10.5. The van der Waals surface area contributed by atoms with Crippen LogP contribution in [0.15, 0.2) is 48.5 Å². The Morgan fingerprint density at radius 2 is 1.55 bits per heavy atom. The minimum Gasteiger partial charge on any atom is -0.449 e. The van der Waals surface area contributed by atoms with Gasteiger partial charge in [0.2, 0.25) is 12.3 Å². The molecule has 2 atom stereocenters. The van der Waals surface area contributed by atoms with Crippen molar-refractivity contribution in [1.82, 2.24) is 16.0 Å². The first kappa shape index (κ1) is 22.3. The van der Waals surface area contributed by atoms with Gasteiger partial charge in [0.05, 0.1) is 6.17 Å². The summed E-state index contributed by atoms with van der Waals surface area (Å²) in [5.74, 6) is -0.240. The van der Waals surface area contributed by atoms with E-state index in [1.807, 2.05) is 38.1 Å². The van der Waals surface area contributed by atoms with Gasteiger partial charge in [0.15, 0.2) is 0 Å². The zero-order chi connectivity index (χ0) is 22.4. The van der Waals surface area contributed by atoms with Gasteiger partial charge in [-0.25, -0.2) is 4.79 Å². The lowest BCUT2D eigenvalue weighted by Gasteiger charge is -2.23. The van der Waals surface area contributed by atoms with Crippen LogP contribution >= 0.6 is 0 Å². The second kappa shape index (κ2) is 10.1. The van der Waals surface area contributed by atoms with Gasteiger partial charge in [-0.05, 0) is 41.5 Å². The van der Waals surface area contributed by atoms with E-state index in [4.69, 9.17) is 4.74 Å². The van der Waals surface area contributed by atoms with Gasteiger partial charge in [-0.2, -0.15) is 0 Å². The highest BCUT2D eigenvalue weighted by Gasteiger charge is 2.30. The largest absolute Gasteiger partial charge is 0.449 e. The topological polar surface area (TPSA) is 96.5 Å². The molecule has 0 radical (unpaired) electrons. The van der Waals surface area contributed by atoms with E-state index >= 15 is 0 Å². The lowest BCUT2D eigenvalue weighted by molar-refractivity contribution is -0.124. The van der Waals surface area contributed by atoms with Gasteiger partial charge in [-0.15, -0.1) is 0 Å². The number of hydrogen-bond acceptors (Lipinski definition) is 4. The number of benzene rings is 2. The molecule has 0 aliphatic heterocycles. The molecule has 1 aliphatic carbocycles. The first-order valence-electron chi connectivity index (χ1n) is 10.5. The summed E-state index contributed by atoms with van der Waals surface area (Å²) in [6.45, 7) is 5.75. The summed E-state index contributed by atoms with van der Waals surface area (Å²) in [5.41, 5.74) is 4.56. The van der Waals surface area contributed by atoms with Crippen LogP contribution < -0.4 is 16.0 Å². The van der Waals surface area contributed by atoms with Gasteiger partial charge >= 0.3 is 6.09 Å². The number of ether oxygens (including phenoxy) is 1. The number of amides is 3. The zero-order valence-corrected chi connectivity index (χ0v) is 18.1. The van der Waals surface area contributed by atoms with Gasteiger partial charge in [0.1, 0.15) is 12.6 Å². The molecule has 3 rings (SSSR count). The number of carbonyl (C=O) groups excluding carboxylic acids is 3. The summed E-state index contributed by atoms with van der Waals surface area (Å²) < 4.78 is 5.55. The fourth-order valence-corrected chi connectivity index (χ4v) is 3.94. The Balaban J connectivity index is 1.65. The van der Waals surface area contributed by atoms with Crippen LogP contribution in [0.4, 0.5) is 4.79 Å². The Labute approximate surface area is 182 Å². The van der Waals surface area contributed by atoms with Crippen LogP contribution in [0.25, 0.3) is 11.1 Å². The molecule has 0 unspecified atom stereocenters. The third-order valence-corrected chi connectivity index (χ3v) is 5.34. The first-order chi connectivity index (χ1) is 14.9. The lowest BCUT2D eigenvalue weighted by Crippen LogP contribution is -2.52. The van der Waals surface area contributed by atoms with Crippen molar-refractivity contribution in [3.63, 3.8) is 0 Å². The second-order valence-electron chi connectivity index (χ2n) is 8.17. The van der Waals surface area contributed by atoms with Gasteiger partial charge in [-0.1, -0.05) is 62.4 Å². The quantitative estimate of drug-likeness (QED) is 0.426. The summed E-state index contributed by atoms with van der Waals surface area (Å²) in [4.78, 5) is 35.7. The molecular weight excluding hydrogens is 394 g/mol. The van der Waals surface area contributed by atoms with Crippen molar-refractivity contribution < 1.29 is 19.1 Å². The molecule has 0 spiro atoms. The Kier molecular flexibility index (Phi) is 7.28. The number of rotatable bonds is 9. The average molecular weight is 424 g/mol. The Morgan fingerprint density at radius 3 is 2.10 bits per heavy atom. The predicted octanol–water partition coefficient (Wildman–Crippen LogP) is 3.15. The van der Waals surface area contributed by atoms with Crippen molar-refractivity contribution in [3.05, 3.63) is 59.7 Å². The summed E-state index contributed by atoms with van der Waals surface area (Å²) in [5, 5.41) is 7.80. The van der Waals surface area contributed by atoms with Gasteiger partial charge < -0.3 is 20.7 Å². The Morgan fingerprint density at radius 1 is 0.968 bits per heavy atom. The number of alkyl carbamates (subject to hydrolysis) is 1. The fraction of sp³-hybridized carbons (Fsp3) is 0.375. The SMILES string of the molecule is CC(C)C[C@H](NC(=O)OCC1c2ccccc2-c2ccccc21)C(=O)N[C@@H](C)NC=O. The van der Waals surface area contributed by atoms with Gasteiger partial charge in [-0.3, -0.25) is 9.59 Å². The molecule has 0 saturated heterocycles. The van der Waals surface area contributed by atoms with Crippen LogP contribution in [0.5, 0.6) is 0 Å². The number of hydrogen-bond donors (Lipinski definition) is 3. The monoisotopic (exact) mass is 423 g/mol. The molecule has 3 amide bonds. The standard InChI is InChI=1S/C24H29N3O4/c1-15(2)12-22(23(29)26-16(3)25-14-28)27-24(30)31-13-21-19-10-6-4-8-17(19)18-9-5-7-11-20(18)21/h4-11,14-16,21-22H,12-13H2,1-3H3,(H,25,28)(H,26,29)(H,27,30)/t16-,22-/m0/s1. The molecule has 164 valence electrons. The van der Waals surface area contributed by atoms with Gasteiger partial charge in [0, 0.05) is 5.92 Å². The molecule has 31 heavy (non-hydrogen) atoms. The number of fused-ring (bicyclic) bond motifs is 3. The van der Waals surface area contributed by atoms with Crippen molar-refractivity contribution in [1.29, 1.82) is 0 Å². The molecule has 2 aromatic rings. The molecular formula is C24H29N3O4. The van der Waals surface area contributed by atoms with E-state index in [0.717, 1.165) is 22.3 Å². The van der Waals surface area contributed by atoms with Crippen LogP contribution in [-0.2, 0) is 14.3 Å². The van der Waals surface area contributed by atoms with Crippen molar-refractivity contribution in [2.75, 3.05) is 6.61 Å². The van der Waals surface area contributed by atoms with Crippen LogP contribution in [0, 0.1) is 5.92 Å². The molecule has 2 aromatic carbocycles. The Bertz CT molecular complexity index is 898. The van der Waals surface area contributed by atoms with Crippen molar-refractivity contribution in [2.45, 2.75) is 45.3 Å². The van der Waals surface area contributed by atoms with E-state index < -0.39 is 18.3 Å². The van der Waals surface area contributed by atoms with Crippen LogP contribution in [0.2, 0.25) is 0 Å². The maximum absolute atomic E-state index is 12.5. The summed E-state index contributed by atoms with van der Waals surface area (Å²) in [6.07, 6.45) is -0.215. The third kappa shape index (κ3) is 5.42. The summed E-state index contributed by atoms with van der Waals surface area (Å²) in [6, 6.07) is 15.5. The normalized spacial score (nSPS) is 14.2. The van der Waals surface area contributed by atoms with Gasteiger partial charge in [0.25, 0.3) is 0 Å². The number of nitrogens with one attached hydrogen (secondary N) is 3. The summed E-state index contributed by atoms with van der Waals surface area (Å²) in [7, 11) is 0. The second-order valence-corrected chi connectivity index (χ2v) is 8.17. The van der Waals surface area contributed by atoms with E-state index in [1.54, 1.807) is 6.92 Å². The highest BCUT2D eigenvalue weighted by atomic mass is 16.5. The molecule has 0 heterocycles. The van der Waals surface area contributed by atoms with Crippen molar-refractivity contribution >= 4 is 18.4 Å². The van der Waals surface area contributed by atoms with E-state index in [-0.39, 0.29) is 24.3 Å². The molecule has 7 heteroatoms. The van der Waals surface area contributed by atoms with Crippen molar-refractivity contribution in [2.24, 2.45) is 5.92 Å². The Hall–Kier alpha value is -3.35. The maximum Gasteiger partial charge on any atom is 0.407 e. The molecule has 7 nitrogen and oxygen atoms in total. The smallest absolute Gasteiger partial charge is 0.407 e. The third-order valence-electron chi connectivity index (χ3n) is 5.34. The lowest BCUT2D eigenvalue weighted by atomic mass is 9.98. The molecule has 3 N–H and O–H groups in total. The highest BCUT2D eigenvalue weighted by molar-refractivity contribution is 5.86. The molecule has 1 aliphatic rings. The summed E-state index contributed by atoms with van der Waals surface area (Å²) >= 11 is 0. The average Bonchev–Trinajstić information content (AvgIpc) is 3.05. The molecule has 0 aromatic heterocycles. The van der Waals surface area contributed by atoms with Crippen LogP contribution in [-0.4, -0.2) is 37.2 Å². The minimum absolute atomic E-state index is 0.0488. The van der Waals surface area contributed by atoms with E-state index in [0.29, 0.717) is 12.8 Å².